The third-order valence-corrected chi connectivity index (χ3v) is 3.28. The van der Waals surface area contributed by atoms with E-state index in [1.165, 1.54) is 12.1 Å². The Morgan fingerprint density at radius 2 is 1.87 bits per heavy atom. The predicted octanol–water partition coefficient (Wildman–Crippen LogP) is 4.55. The molecular weight excluding hydrogens is 315 g/mol. The van der Waals surface area contributed by atoms with Crippen LogP contribution in [0.3, 0.4) is 0 Å². The quantitative estimate of drug-likeness (QED) is 0.718. The summed E-state index contributed by atoms with van der Waals surface area (Å²) in [5.74, 6) is 0.344. The van der Waals surface area contributed by atoms with Crippen LogP contribution in [0.5, 0.6) is 0 Å². The van der Waals surface area contributed by atoms with E-state index in [0.29, 0.717) is 28.5 Å². The van der Waals surface area contributed by atoms with Gasteiger partial charge in [-0.3, -0.25) is 0 Å². The summed E-state index contributed by atoms with van der Waals surface area (Å²) in [5, 5.41) is 12.4. The lowest BCUT2D eigenvalue weighted by Crippen LogP contribution is -1.99. The highest BCUT2D eigenvalue weighted by atomic mass is 35.5. The van der Waals surface area contributed by atoms with E-state index in [9.17, 15) is 4.39 Å². The van der Waals surface area contributed by atoms with Gasteiger partial charge < -0.3 is 5.32 Å². The molecule has 0 bridgehead atoms. The van der Waals surface area contributed by atoms with Crippen LogP contribution in [0.15, 0.2) is 54.6 Å². The van der Waals surface area contributed by atoms with Crippen molar-refractivity contribution in [1.29, 1.82) is 5.26 Å². The summed E-state index contributed by atoms with van der Waals surface area (Å²) >= 11 is 6.03. The number of para-hydroxylation sites is 1. The molecule has 112 valence electrons. The van der Waals surface area contributed by atoms with E-state index in [0.717, 1.165) is 0 Å². The van der Waals surface area contributed by atoms with Crippen molar-refractivity contribution in [2.24, 2.45) is 0 Å². The third kappa shape index (κ3) is 3.44. The first-order chi connectivity index (χ1) is 11.2. The Morgan fingerprint density at radius 1 is 1.04 bits per heavy atom. The molecule has 3 rings (SSSR count). The standard InChI is InChI=1S/C17H10ClFN4/c18-15-9-16(21-14-7-2-1-4-12(14)10-20)23-17(22-15)11-5-3-6-13(19)8-11/h1-9H,(H,21,22,23). The number of halogens is 2. The summed E-state index contributed by atoms with van der Waals surface area (Å²) < 4.78 is 13.4. The molecule has 0 aliphatic heterocycles. The van der Waals surface area contributed by atoms with E-state index in [-0.39, 0.29) is 11.0 Å². The molecule has 1 aromatic heterocycles. The fourth-order valence-electron chi connectivity index (χ4n) is 2.07. The van der Waals surface area contributed by atoms with Crippen LogP contribution in [0.2, 0.25) is 5.15 Å². The molecule has 2 aromatic carbocycles. The smallest absolute Gasteiger partial charge is 0.163 e. The minimum atomic E-state index is -0.379. The zero-order valence-corrected chi connectivity index (χ0v) is 12.5. The van der Waals surface area contributed by atoms with Crippen LogP contribution in [0.4, 0.5) is 15.9 Å². The minimum absolute atomic E-state index is 0.219. The molecule has 3 aromatic rings. The molecule has 6 heteroatoms. The zero-order chi connectivity index (χ0) is 16.2. The fourth-order valence-corrected chi connectivity index (χ4v) is 2.25. The Kier molecular flexibility index (Phi) is 4.18. The van der Waals surface area contributed by atoms with Gasteiger partial charge in [-0.1, -0.05) is 35.9 Å². The average Bonchev–Trinajstić information content (AvgIpc) is 2.55. The van der Waals surface area contributed by atoms with Gasteiger partial charge in [-0.05, 0) is 24.3 Å². The molecule has 0 amide bonds. The zero-order valence-electron chi connectivity index (χ0n) is 11.8. The van der Waals surface area contributed by atoms with Gasteiger partial charge in [-0.2, -0.15) is 5.26 Å². The van der Waals surface area contributed by atoms with Crippen molar-refractivity contribution >= 4 is 23.1 Å². The van der Waals surface area contributed by atoms with E-state index < -0.39 is 0 Å². The van der Waals surface area contributed by atoms with Crippen molar-refractivity contribution in [2.45, 2.75) is 0 Å². The first-order valence-corrected chi connectivity index (χ1v) is 7.10. The highest BCUT2D eigenvalue weighted by Gasteiger charge is 2.08. The normalized spacial score (nSPS) is 10.1. The monoisotopic (exact) mass is 324 g/mol. The number of rotatable bonds is 3. The maximum atomic E-state index is 13.4. The second kappa shape index (κ2) is 6.42. The number of benzene rings is 2. The molecule has 23 heavy (non-hydrogen) atoms. The van der Waals surface area contributed by atoms with E-state index >= 15 is 0 Å². The Morgan fingerprint density at radius 3 is 2.65 bits per heavy atom. The summed E-state index contributed by atoms with van der Waals surface area (Å²) in [4.78, 5) is 8.44. The molecule has 4 nitrogen and oxygen atoms in total. The van der Waals surface area contributed by atoms with Gasteiger partial charge in [0.05, 0.1) is 11.3 Å². The van der Waals surface area contributed by atoms with Crippen molar-refractivity contribution in [2.75, 3.05) is 5.32 Å². The number of anilines is 2. The van der Waals surface area contributed by atoms with Gasteiger partial charge in [0, 0.05) is 11.6 Å². The molecule has 0 saturated carbocycles. The van der Waals surface area contributed by atoms with Gasteiger partial charge in [0.2, 0.25) is 0 Å². The van der Waals surface area contributed by atoms with Crippen LogP contribution in [0.25, 0.3) is 11.4 Å². The molecule has 0 atom stereocenters. The average molecular weight is 325 g/mol. The Bertz CT molecular complexity index is 905. The maximum absolute atomic E-state index is 13.4. The minimum Gasteiger partial charge on any atom is -0.339 e. The Balaban J connectivity index is 2.00. The molecule has 0 fully saturated rings. The van der Waals surface area contributed by atoms with Crippen molar-refractivity contribution in [1.82, 2.24) is 9.97 Å². The van der Waals surface area contributed by atoms with Gasteiger partial charge in [0.1, 0.15) is 22.9 Å². The molecule has 1 heterocycles. The van der Waals surface area contributed by atoms with Gasteiger partial charge in [-0.15, -0.1) is 0 Å². The van der Waals surface area contributed by atoms with Gasteiger partial charge in [-0.25, -0.2) is 14.4 Å². The van der Waals surface area contributed by atoms with Crippen molar-refractivity contribution in [3.8, 4) is 17.5 Å². The van der Waals surface area contributed by atoms with Gasteiger partial charge >= 0.3 is 0 Å². The van der Waals surface area contributed by atoms with Crippen molar-refractivity contribution in [3.63, 3.8) is 0 Å². The first-order valence-electron chi connectivity index (χ1n) is 6.72. The highest BCUT2D eigenvalue weighted by molar-refractivity contribution is 6.29. The molecule has 0 aliphatic rings. The molecule has 1 N–H and O–H groups in total. The van der Waals surface area contributed by atoms with Crippen molar-refractivity contribution < 1.29 is 4.39 Å². The number of hydrogen-bond acceptors (Lipinski definition) is 4. The molecular formula is C17H10ClFN4. The molecule has 0 saturated heterocycles. The summed E-state index contributed by atoms with van der Waals surface area (Å²) in [6.07, 6.45) is 0. The van der Waals surface area contributed by atoms with Crippen LogP contribution in [0.1, 0.15) is 5.56 Å². The summed E-state index contributed by atoms with van der Waals surface area (Å²) in [5.41, 5.74) is 1.61. The predicted molar refractivity (Wildman–Crippen MR) is 86.9 cm³/mol. The van der Waals surface area contributed by atoms with Crippen LogP contribution in [0, 0.1) is 17.1 Å². The van der Waals surface area contributed by atoms with Gasteiger partial charge in [0.25, 0.3) is 0 Å². The van der Waals surface area contributed by atoms with Crippen molar-refractivity contribution in [3.05, 3.63) is 71.1 Å². The number of nitriles is 1. The maximum Gasteiger partial charge on any atom is 0.163 e. The summed E-state index contributed by atoms with van der Waals surface area (Å²) in [7, 11) is 0. The number of aromatic nitrogens is 2. The highest BCUT2D eigenvalue weighted by Crippen LogP contribution is 2.24. The van der Waals surface area contributed by atoms with E-state index in [1.807, 2.05) is 0 Å². The fraction of sp³-hybridized carbons (Fsp3) is 0. The topological polar surface area (TPSA) is 61.6 Å². The first kappa shape index (κ1) is 14.9. The van der Waals surface area contributed by atoms with Crippen LogP contribution >= 0.6 is 11.6 Å². The Hall–Kier alpha value is -2.97. The van der Waals surface area contributed by atoms with E-state index in [1.54, 1.807) is 42.5 Å². The number of hydrogen-bond donors (Lipinski definition) is 1. The molecule has 0 radical (unpaired) electrons. The second-order valence-corrected chi connectivity index (χ2v) is 5.08. The summed E-state index contributed by atoms with van der Waals surface area (Å²) in [6, 6.07) is 16.6. The Labute approximate surface area is 137 Å². The third-order valence-electron chi connectivity index (χ3n) is 3.09. The lowest BCUT2D eigenvalue weighted by atomic mass is 10.2. The number of nitrogens with one attached hydrogen (secondary N) is 1. The largest absolute Gasteiger partial charge is 0.339 e. The van der Waals surface area contributed by atoms with Crippen LogP contribution in [-0.4, -0.2) is 9.97 Å². The van der Waals surface area contributed by atoms with E-state index in [4.69, 9.17) is 16.9 Å². The lowest BCUT2D eigenvalue weighted by molar-refractivity contribution is 0.628. The van der Waals surface area contributed by atoms with Crippen LogP contribution in [-0.2, 0) is 0 Å². The van der Waals surface area contributed by atoms with Gasteiger partial charge in [0.15, 0.2) is 5.82 Å². The molecule has 0 unspecified atom stereocenters. The van der Waals surface area contributed by atoms with E-state index in [2.05, 4.69) is 21.4 Å². The SMILES string of the molecule is N#Cc1ccccc1Nc1cc(Cl)nc(-c2cccc(F)c2)n1. The number of nitrogens with zero attached hydrogens (tertiary/aromatic N) is 3. The lowest BCUT2D eigenvalue weighted by Gasteiger charge is -2.09. The molecule has 0 spiro atoms. The molecule has 0 aliphatic carbocycles. The second-order valence-electron chi connectivity index (χ2n) is 4.69. The van der Waals surface area contributed by atoms with Crippen LogP contribution < -0.4 is 5.32 Å². The summed E-state index contributed by atoms with van der Waals surface area (Å²) in [6.45, 7) is 0.